The fourth-order valence-electron chi connectivity index (χ4n) is 2.44. The van der Waals surface area contributed by atoms with Crippen molar-refractivity contribution < 1.29 is 27.5 Å². The van der Waals surface area contributed by atoms with E-state index in [9.17, 15) is 22.8 Å². The summed E-state index contributed by atoms with van der Waals surface area (Å²) < 4.78 is 45.4. The summed E-state index contributed by atoms with van der Waals surface area (Å²) in [5.74, 6) is -4.35. The molecule has 0 unspecified atom stereocenters. The van der Waals surface area contributed by atoms with E-state index in [4.69, 9.17) is 16.3 Å². The van der Waals surface area contributed by atoms with Crippen LogP contribution < -0.4 is 0 Å². The van der Waals surface area contributed by atoms with Crippen LogP contribution in [0.25, 0.3) is 5.69 Å². The molecule has 0 aliphatic carbocycles. The van der Waals surface area contributed by atoms with E-state index in [1.54, 1.807) is 0 Å². The molecule has 0 bridgehead atoms. The zero-order valence-corrected chi connectivity index (χ0v) is 15.1. The van der Waals surface area contributed by atoms with E-state index in [-0.39, 0.29) is 22.0 Å². The van der Waals surface area contributed by atoms with Crippen LogP contribution in [0.3, 0.4) is 0 Å². The SMILES string of the molecule is Cc1nn(-c2ccc(F)cc2)c(Cl)c1C(=O)OCC(=O)c1ccc(F)c(F)c1. The zero-order chi connectivity index (χ0) is 20.4. The van der Waals surface area contributed by atoms with E-state index < -0.39 is 35.8 Å². The number of ketones is 1. The summed E-state index contributed by atoms with van der Waals surface area (Å²) in [7, 11) is 0. The minimum absolute atomic E-state index is 0.0657. The average Bonchev–Trinajstić information content (AvgIpc) is 2.96. The molecule has 0 atom stereocenters. The Balaban J connectivity index is 1.76. The third-order valence-electron chi connectivity index (χ3n) is 3.86. The molecule has 0 aliphatic rings. The summed E-state index contributed by atoms with van der Waals surface area (Å²) in [4.78, 5) is 24.4. The predicted octanol–water partition coefficient (Wildman–Crippen LogP) is 4.29. The molecule has 0 fully saturated rings. The molecule has 3 rings (SSSR count). The molecule has 144 valence electrons. The number of halogens is 4. The van der Waals surface area contributed by atoms with Crippen molar-refractivity contribution in [2.75, 3.05) is 6.61 Å². The highest BCUT2D eigenvalue weighted by Crippen LogP contribution is 2.24. The standard InChI is InChI=1S/C19H12ClF3N2O3/c1-10-17(18(20)25(24-10)13-5-3-12(21)4-6-13)19(27)28-9-16(26)11-2-7-14(22)15(23)8-11/h2-8H,9H2,1H3. The van der Waals surface area contributed by atoms with E-state index in [2.05, 4.69) is 5.10 Å². The van der Waals surface area contributed by atoms with E-state index in [0.29, 0.717) is 5.69 Å². The van der Waals surface area contributed by atoms with Crippen molar-refractivity contribution in [3.05, 3.63) is 81.9 Å². The van der Waals surface area contributed by atoms with Gasteiger partial charge < -0.3 is 4.74 Å². The second kappa shape index (κ2) is 7.85. The van der Waals surface area contributed by atoms with Crippen LogP contribution in [0.5, 0.6) is 0 Å². The molecule has 9 heteroatoms. The Morgan fingerprint density at radius 3 is 2.39 bits per heavy atom. The first-order chi connectivity index (χ1) is 13.3. The van der Waals surface area contributed by atoms with Gasteiger partial charge in [0.15, 0.2) is 24.0 Å². The molecule has 0 N–H and O–H groups in total. The lowest BCUT2D eigenvalue weighted by Crippen LogP contribution is -2.15. The summed E-state index contributed by atoms with van der Waals surface area (Å²) in [6, 6.07) is 7.88. The van der Waals surface area contributed by atoms with Gasteiger partial charge in [-0.05, 0) is 49.4 Å². The highest BCUT2D eigenvalue weighted by atomic mass is 35.5. The molecular formula is C19H12ClF3N2O3. The van der Waals surface area contributed by atoms with Crippen LogP contribution in [0.15, 0.2) is 42.5 Å². The normalized spacial score (nSPS) is 10.8. The van der Waals surface area contributed by atoms with Crippen LogP contribution in [-0.4, -0.2) is 28.1 Å². The number of benzene rings is 2. The molecule has 3 aromatic rings. The number of Topliss-reactive ketones (excluding diaryl/α,β-unsaturated/α-hetero) is 1. The Kier molecular flexibility index (Phi) is 5.51. The summed E-state index contributed by atoms with van der Waals surface area (Å²) >= 11 is 6.20. The smallest absolute Gasteiger partial charge is 0.343 e. The maximum absolute atomic E-state index is 13.2. The quantitative estimate of drug-likeness (QED) is 0.466. The fraction of sp³-hybridized carbons (Fsp3) is 0.105. The number of ether oxygens (including phenoxy) is 1. The van der Waals surface area contributed by atoms with Gasteiger partial charge in [-0.25, -0.2) is 22.6 Å². The second-order valence-corrected chi connectivity index (χ2v) is 6.13. The number of nitrogens with zero attached hydrogens (tertiary/aromatic N) is 2. The average molecular weight is 409 g/mol. The van der Waals surface area contributed by atoms with Crippen LogP contribution in [0.2, 0.25) is 5.15 Å². The van der Waals surface area contributed by atoms with Gasteiger partial charge in [-0.15, -0.1) is 0 Å². The highest BCUT2D eigenvalue weighted by molar-refractivity contribution is 6.33. The van der Waals surface area contributed by atoms with Crippen LogP contribution >= 0.6 is 11.6 Å². The molecule has 0 radical (unpaired) electrons. The van der Waals surface area contributed by atoms with Gasteiger partial charge in [-0.2, -0.15) is 5.10 Å². The number of carbonyl (C=O) groups excluding carboxylic acids is 2. The number of rotatable bonds is 5. The Hall–Kier alpha value is -3.13. The maximum Gasteiger partial charge on any atom is 0.343 e. The number of aryl methyl sites for hydroxylation is 1. The first kappa shape index (κ1) is 19.6. The van der Waals surface area contributed by atoms with Crippen molar-refractivity contribution in [3.8, 4) is 5.69 Å². The van der Waals surface area contributed by atoms with Gasteiger partial charge in [0.1, 0.15) is 16.5 Å². The molecular weight excluding hydrogens is 397 g/mol. The number of carbonyl (C=O) groups is 2. The summed E-state index contributed by atoms with van der Waals surface area (Å²) in [5, 5.41) is 4.05. The Bertz CT molecular complexity index is 1070. The number of esters is 1. The van der Waals surface area contributed by atoms with Crippen LogP contribution in [0, 0.1) is 24.4 Å². The number of hydrogen-bond acceptors (Lipinski definition) is 4. The maximum atomic E-state index is 13.2. The molecule has 5 nitrogen and oxygen atoms in total. The van der Waals surface area contributed by atoms with E-state index in [1.165, 1.54) is 35.9 Å². The van der Waals surface area contributed by atoms with Crippen LogP contribution in [0.4, 0.5) is 13.2 Å². The van der Waals surface area contributed by atoms with Gasteiger partial charge in [-0.3, -0.25) is 4.79 Å². The third kappa shape index (κ3) is 3.91. The van der Waals surface area contributed by atoms with Crippen molar-refractivity contribution in [1.29, 1.82) is 0 Å². The first-order valence-corrected chi connectivity index (χ1v) is 8.32. The molecule has 0 saturated carbocycles. The predicted molar refractivity (Wildman–Crippen MR) is 94.2 cm³/mol. The van der Waals surface area contributed by atoms with Gasteiger partial charge in [0.05, 0.1) is 11.4 Å². The fourth-order valence-corrected chi connectivity index (χ4v) is 2.79. The minimum Gasteiger partial charge on any atom is -0.454 e. The minimum atomic E-state index is -1.18. The van der Waals surface area contributed by atoms with Gasteiger partial charge in [0, 0.05) is 5.56 Å². The largest absolute Gasteiger partial charge is 0.454 e. The Morgan fingerprint density at radius 2 is 1.75 bits per heavy atom. The lowest BCUT2D eigenvalue weighted by atomic mass is 10.1. The van der Waals surface area contributed by atoms with Crippen LogP contribution in [0.1, 0.15) is 26.4 Å². The van der Waals surface area contributed by atoms with Crippen molar-refractivity contribution in [2.24, 2.45) is 0 Å². The molecule has 0 spiro atoms. The first-order valence-electron chi connectivity index (χ1n) is 7.94. The molecule has 0 aliphatic heterocycles. The molecule has 2 aromatic carbocycles. The van der Waals surface area contributed by atoms with Crippen molar-refractivity contribution in [1.82, 2.24) is 9.78 Å². The summed E-state index contributed by atoms with van der Waals surface area (Å²) in [6.45, 7) is 0.821. The van der Waals surface area contributed by atoms with Crippen molar-refractivity contribution in [2.45, 2.75) is 6.92 Å². The molecule has 1 aromatic heterocycles. The second-order valence-electron chi connectivity index (χ2n) is 5.77. The highest BCUT2D eigenvalue weighted by Gasteiger charge is 2.23. The lowest BCUT2D eigenvalue weighted by Gasteiger charge is -2.05. The Morgan fingerprint density at radius 1 is 1.07 bits per heavy atom. The van der Waals surface area contributed by atoms with Gasteiger partial charge in [-0.1, -0.05) is 11.6 Å². The summed E-state index contributed by atoms with van der Waals surface area (Å²) in [6.07, 6.45) is 0. The van der Waals surface area contributed by atoms with E-state index in [1.807, 2.05) is 0 Å². The van der Waals surface area contributed by atoms with Crippen molar-refractivity contribution in [3.63, 3.8) is 0 Å². The van der Waals surface area contributed by atoms with E-state index in [0.717, 1.165) is 18.2 Å². The molecule has 0 saturated heterocycles. The Labute approximate surface area is 162 Å². The van der Waals surface area contributed by atoms with Gasteiger partial charge in [0.2, 0.25) is 0 Å². The van der Waals surface area contributed by atoms with E-state index >= 15 is 0 Å². The number of aromatic nitrogens is 2. The monoisotopic (exact) mass is 408 g/mol. The van der Waals surface area contributed by atoms with Crippen molar-refractivity contribution >= 4 is 23.4 Å². The van der Waals surface area contributed by atoms with Crippen LogP contribution in [-0.2, 0) is 4.74 Å². The molecule has 28 heavy (non-hydrogen) atoms. The van der Waals surface area contributed by atoms with Gasteiger partial charge in [0.25, 0.3) is 0 Å². The third-order valence-corrected chi connectivity index (χ3v) is 4.20. The zero-order valence-electron chi connectivity index (χ0n) is 14.4. The summed E-state index contributed by atoms with van der Waals surface area (Å²) in [5.41, 5.74) is 0.451. The van der Waals surface area contributed by atoms with Gasteiger partial charge >= 0.3 is 5.97 Å². The topological polar surface area (TPSA) is 61.2 Å². The number of hydrogen-bond donors (Lipinski definition) is 0. The lowest BCUT2D eigenvalue weighted by molar-refractivity contribution is 0.0474. The molecule has 1 heterocycles. The molecule has 0 amide bonds.